The summed E-state index contributed by atoms with van der Waals surface area (Å²) in [6.07, 6.45) is 5.34. The second kappa shape index (κ2) is 5.01. The Hall–Kier alpha value is -1.81. The van der Waals surface area contributed by atoms with Gasteiger partial charge in [-0.15, -0.1) is 0 Å². The maximum absolute atomic E-state index is 11.5. The SMILES string of the molecule is CN1C(=O)S/C(=C/C=C/c2ccccc2)C1=O. The van der Waals surface area contributed by atoms with Gasteiger partial charge in [-0.2, -0.15) is 0 Å². The summed E-state index contributed by atoms with van der Waals surface area (Å²) in [5.41, 5.74) is 1.06. The fourth-order valence-electron chi connectivity index (χ4n) is 1.37. The van der Waals surface area contributed by atoms with Crippen LogP contribution in [0.3, 0.4) is 0 Å². The molecular weight excluding hydrogens is 234 g/mol. The lowest BCUT2D eigenvalue weighted by Crippen LogP contribution is -2.22. The van der Waals surface area contributed by atoms with Crippen LogP contribution in [0.1, 0.15) is 5.56 Å². The number of carbonyl (C=O) groups excluding carboxylic acids is 2. The van der Waals surface area contributed by atoms with E-state index in [9.17, 15) is 9.59 Å². The predicted molar refractivity (Wildman–Crippen MR) is 69.3 cm³/mol. The van der Waals surface area contributed by atoms with Gasteiger partial charge in [0, 0.05) is 7.05 Å². The Kier molecular flexibility index (Phi) is 3.44. The summed E-state index contributed by atoms with van der Waals surface area (Å²) in [7, 11) is 1.49. The number of thioether (sulfide) groups is 1. The molecule has 2 rings (SSSR count). The maximum atomic E-state index is 11.5. The average molecular weight is 245 g/mol. The Balaban J connectivity index is 2.10. The monoisotopic (exact) mass is 245 g/mol. The number of imide groups is 1. The zero-order valence-electron chi connectivity index (χ0n) is 9.29. The van der Waals surface area contributed by atoms with Crippen LogP contribution in [0.25, 0.3) is 6.08 Å². The van der Waals surface area contributed by atoms with Crippen LogP contribution in [0.15, 0.2) is 47.4 Å². The predicted octanol–water partition coefficient (Wildman–Crippen LogP) is 2.91. The van der Waals surface area contributed by atoms with Crippen LogP contribution >= 0.6 is 11.8 Å². The van der Waals surface area contributed by atoms with Gasteiger partial charge in [0.15, 0.2) is 0 Å². The first-order valence-electron chi connectivity index (χ1n) is 5.12. The molecule has 0 aliphatic carbocycles. The highest BCUT2D eigenvalue weighted by Crippen LogP contribution is 2.29. The summed E-state index contributed by atoms with van der Waals surface area (Å²) >= 11 is 0.964. The van der Waals surface area contributed by atoms with Crippen molar-refractivity contribution in [2.75, 3.05) is 7.05 Å². The van der Waals surface area contributed by atoms with Crippen LogP contribution in [-0.2, 0) is 4.79 Å². The molecule has 0 saturated carbocycles. The highest BCUT2D eigenvalue weighted by molar-refractivity contribution is 8.18. The van der Waals surface area contributed by atoms with Crippen LogP contribution in [-0.4, -0.2) is 23.1 Å². The number of rotatable bonds is 2. The minimum atomic E-state index is -0.238. The number of hydrogen-bond donors (Lipinski definition) is 0. The molecule has 4 heteroatoms. The van der Waals surface area contributed by atoms with Crippen molar-refractivity contribution in [2.24, 2.45) is 0 Å². The van der Waals surface area contributed by atoms with Gasteiger partial charge in [0.05, 0.1) is 4.91 Å². The Morgan fingerprint density at radius 3 is 2.47 bits per heavy atom. The van der Waals surface area contributed by atoms with Gasteiger partial charge in [0.1, 0.15) is 0 Å². The highest BCUT2D eigenvalue weighted by Gasteiger charge is 2.31. The van der Waals surface area contributed by atoms with E-state index in [1.54, 1.807) is 12.2 Å². The van der Waals surface area contributed by atoms with Crippen LogP contribution in [0.5, 0.6) is 0 Å². The number of likely N-dealkylation sites (N-methyl/N-ethyl adjacent to an activating group) is 1. The zero-order valence-corrected chi connectivity index (χ0v) is 10.1. The quantitative estimate of drug-likeness (QED) is 0.752. The molecule has 1 aliphatic heterocycles. The van der Waals surface area contributed by atoms with Crippen molar-refractivity contribution >= 4 is 29.0 Å². The summed E-state index contributed by atoms with van der Waals surface area (Å²) in [5, 5.41) is -0.227. The van der Waals surface area contributed by atoms with Crippen molar-refractivity contribution in [1.29, 1.82) is 0 Å². The number of allylic oxidation sites excluding steroid dienone is 2. The molecule has 0 spiro atoms. The topological polar surface area (TPSA) is 37.4 Å². The van der Waals surface area contributed by atoms with Crippen LogP contribution in [0.2, 0.25) is 0 Å². The molecule has 86 valence electrons. The third kappa shape index (κ3) is 2.65. The minimum absolute atomic E-state index is 0.227. The number of amides is 2. The molecule has 1 heterocycles. The number of carbonyl (C=O) groups is 2. The molecular formula is C13H11NO2S. The van der Waals surface area contributed by atoms with Gasteiger partial charge in [0.2, 0.25) is 0 Å². The minimum Gasteiger partial charge on any atom is -0.272 e. The molecule has 1 aromatic carbocycles. The van der Waals surface area contributed by atoms with Gasteiger partial charge < -0.3 is 0 Å². The van der Waals surface area contributed by atoms with Crippen LogP contribution in [0, 0.1) is 0 Å². The second-order valence-corrected chi connectivity index (χ2v) is 4.53. The van der Waals surface area contributed by atoms with Crippen molar-refractivity contribution in [3.8, 4) is 0 Å². The van der Waals surface area contributed by atoms with Crippen molar-refractivity contribution in [2.45, 2.75) is 0 Å². The second-order valence-electron chi connectivity index (χ2n) is 3.53. The van der Waals surface area contributed by atoms with E-state index in [-0.39, 0.29) is 11.1 Å². The van der Waals surface area contributed by atoms with Gasteiger partial charge >= 0.3 is 0 Å². The smallest absolute Gasteiger partial charge is 0.272 e. The van der Waals surface area contributed by atoms with Crippen molar-refractivity contribution in [3.05, 3.63) is 53.0 Å². The van der Waals surface area contributed by atoms with E-state index >= 15 is 0 Å². The Labute approximate surface area is 104 Å². The summed E-state index contributed by atoms with van der Waals surface area (Å²) in [6.45, 7) is 0. The lowest BCUT2D eigenvalue weighted by molar-refractivity contribution is -0.121. The molecule has 0 bridgehead atoms. The fourth-order valence-corrected chi connectivity index (χ4v) is 2.15. The van der Waals surface area contributed by atoms with E-state index in [4.69, 9.17) is 0 Å². The van der Waals surface area contributed by atoms with Crippen LogP contribution in [0.4, 0.5) is 4.79 Å². The first-order chi connectivity index (χ1) is 8.18. The van der Waals surface area contributed by atoms with Gasteiger partial charge in [0.25, 0.3) is 11.1 Å². The van der Waals surface area contributed by atoms with Crippen molar-refractivity contribution in [1.82, 2.24) is 4.90 Å². The molecule has 0 aromatic heterocycles. The summed E-state index contributed by atoms with van der Waals surface area (Å²) in [6, 6.07) is 9.77. The third-order valence-electron chi connectivity index (χ3n) is 2.32. The van der Waals surface area contributed by atoms with Gasteiger partial charge in [-0.25, -0.2) is 0 Å². The molecule has 17 heavy (non-hydrogen) atoms. The van der Waals surface area contributed by atoms with E-state index in [2.05, 4.69) is 0 Å². The number of hydrogen-bond acceptors (Lipinski definition) is 3. The molecule has 0 unspecified atom stereocenters. The normalized spacial score (nSPS) is 18.6. The summed E-state index contributed by atoms with van der Waals surface area (Å²) in [5.74, 6) is -0.238. The largest absolute Gasteiger partial charge is 0.293 e. The first kappa shape index (κ1) is 11.7. The lowest BCUT2D eigenvalue weighted by Gasteiger charge is -2.00. The molecule has 1 aliphatic rings. The highest BCUT2D eigenvalue weighted by atomic mass is 32.2. The number of benzene rings is 1. The maximum Gasteiger partial charge on any atom is 0.293 e. The molecule has 0 atom stereocenters. The van der Waals surface area contributed by atoms with Gasteiger partial charge in [-0.1, -0.05) is 42.5 Å². The van der Waals surface area contributed by atoms with E-state index < -0.39 is 0 Å². The Morgan fingerprint density at radius 1 is 1.18 bits per heavy atom. The Bertz CT molecular complexity index is 505. The molecule has 0 N–H and O–H groups in total. The summed E-state index contributed by atoms with van der Waals surface area (Å²) in [4.78, 5) is 24.4. The van der Waals surface area contributed by atoms with Gasteiger partial charge in [-0.05, 0) is 23.4 Å². The number of nitrogens with zero attached hydrogens (tertiary/aromatic N) is 1. The molecule has 3 nitrogen and oxygen atoms in total. The van der Waals surface area contributed by atoms with Crippen LogP contribution < -0.4 is 0 Å². The molecule has 1 saturated heterocycles. The van der Waals surface area contributed by atoms with E-state index in [0.717, 1.165) is 22.2 Å². The summed E-state index contributed by atoms with van der Waals surface area (Å²) < 4.78 is 0. The molecule has 1 aromatic rings. The third-order valence-corrected chi connectivity index (χ3v) is 3.30. The van der Waals surface area contributed by atoms with Gasteiger partial charge in [-0.3, -0.25) is 14.5 Å². The zero-order chi connectivity index (χ0) is 12.3. The molecule has 2 amide bonds. The van der Waals surface area contributed by atoms with E-state index in [1.807, 2.05) is 36.4 Å². The Morgan fingerprint density at radius 2 is 1.88 bits per heavy atom. The lowest BCUT2D eigenvalue weighted by atomic mass is 10.2. The molecule has 0 radical (unpaired) electrons. The van der Waals surface area contributed by atoms with E-state index in [1.165, 1.54) is 7.05 Å². The standard InChI is InChI=1S/C13H11NO2S/c1-14-12(15)11(17-13(14)16)9-5-8-10-6-3-2-4-7-10/h2-9H,1H3/b8-5+,11-9+. The first-order valence-corrected chi connectivity index (χ1v) is 5.93. The average Bonchev–Trinajstić information content (AvgIpc) is 2.59. The van der Waals surface area contributed by atoms with Crippen molar-refractivity contribution < 1.29 is 9.59 Å². The fraction of sp³-hybridized carbons (Fsp3) is 0.0769. The van der Waals surface area contributed by atoms with Crippen molar-refractivity contribution in [3.63, 3.8) is 0 Å². The molecule has 1 fully saturated rings. The van der Waals surface area contributed by atoms with E-state index in [0.29, 0.717) is 4.91 Å².